The van der Waals surface area contributed by atoms with Crippen LogP contribution in [0.1, 0.15) is 26.0 Å². The number of rotatable bonds is 6. The lowest BCUT2D eigenvalue weighted by Crippen LogP contribution is -2.23. The van der Waals surface area contributed by atoms with Crippen molar-refractivity contribution in [3.05, 3.63) is 23.5 Å². The van der Waals surface area contributed by atoms with Crippen molar-refractivity contribution < 1.29 is 14.7 Å². The van der Waals surface area contributed by atoms with Crippen molar-refractivity contribution in [3.63, 3.8) is 0 Å². The Bertz CT molecular complexity index is 465. The van der Waals surface area contributed by atoms with E-state index >= 15 is 0 Å². The molecule has 1 aromatic rings. The highest BCUT2D eigenvalue weighted by Gasteiger charge is 2.07. The predicted molar refractivity (Wildman–Crippen MR) is 63.6 cm³/mol. The minimum atomic E-state index is -0.989. The fourth-order valence-corrected chi connectivity index (χ4v) is 1.34. The van der Waals surface area contributed by atoms with Crippen LogP contribution < -0.4 is 5.32 Å². The molecule has 0 atom stereocenters. The van der Waals surface area contributed by atoms with Crippen LogP contribution in [0.4, 0.5) is 0 Å². The Labute approximate surface area is 104 Å². The second kappa shape index (κ2) is 6.53. The highest BCUT2D eigenvalue weighted by atomic mass is 16.4. The van der Waals surface area contributed by atoms with Crippen LogP contribution in [0.2, 0.25) is 0 Å². The Morgan fingerprint density at radius 1 is 1.56 bits per heavy atom. The van der Waals surface area contributed by atoms with Gasteiger partial charge in [0, 0.05) is 5.57 Å². The van der Waals surface area contributed by atoms with Crippen molar-refractivity contribution in [2.45, 2.75) is 33.4 Å². The van der Waals surface area contributed by atoms with Crippen LogP contribution in [-0.4, -0.2) is 32.0 Å². The molecule has 1 aromatic heterocycles. The zero-order valence-electron chi connectivity index (χ0n) is 10.4. The van der Waals surface area contributed by atoms with Crippen LogP contribution in [0.5, 0.6) is 0 Å². The van der Waals surface area contributed by atoms with Crippen molar-refractivity contribution in [3.8, 4) is 0 Å². The minimum Gasteiger partial charge on any atom is -0.480 e. The molecular weight excluding hydrogens is 236 g/mol. The monoisotopic (exact) mass is 252 g/mol. The number of amides is 1. The van der Waals surface area contributed by atoms with Gasteiger partial charge in [-0.15, -0.1) is 5.10 Å². The number of carbonyl (C=O) groups is 2. The van der Waals surface area contributed by atoms with E-state index in [0.29, 0.717) is 11.3 Å². The average Bonchev–Trinajstić information content (AvgIpc) is 2.73. The SMILES string of the molecule is CC/C=C(/C)C(=O)NCc1cn(CC(=O)O)nn1. The standard InChI is InChI=1S/C11H16N4O3/c1-3-4-8(2)11(18)12-5-9-6-15(14-13-9)7-10(16)17/h4,6H,3,5,7H2,1-2H3,(H,12,18)(H,16,17)/b8-4-. The van der Waals surface area contributed by atoms with E-state index < -0.39 is 5.97 Å². The number of aromatic nitrogens is 3. The Balaban J connectivity index is 2.49. The lowest BCUT2D eigenvalue weighted by atomic mass is 10.2. The number of carbonyl (C=O) groups excluding carboxylic acids is 1. The van der Waals surface area contributed by atoms with Gasteiger partial charge in [0.15, 0.2) is 0 Å². The summed E-state index contributed by atoms with van der Waals surface area (Å²) in [7, 11) is 0. The van der Waals surface area contributed by atoms with Gasteiger partial charge in [0.05, 0.1) is 12.7 Å². The Morgan fingerprint density at radius 2 is 2.28 bits per heavy atom. The lowest BCUT2D eigenvalue weighted by Gasteiger charge is -2.02. The number of hydrogen-bond donors (Lipinski definition) is 2. The largest absolute Gasteiger partial charge is 0.480 e. The van der Waals surface area contributed by atoms with Gasteiger partial charge < -0.3 is 10.4 Å². The fourth-order valence-electron chi connectivity index (χ4n) is 1.34. The summed E-state index contributed by atoms with van der Waals surface area (Å²) in [6.45, 7) is 3.68. The van der Waals surface area contributed by atoms with Crippen LogP contribution in [-0.2, 0) is 22.7 Å². The van der Waals surface area contributed by atoms with Crippen LogP contribution in [0, 0.1) is 0 Å². The Hall–Kier alpha value is -2.18. The van der Waals surface area contributed by atoms with Gasteiger partial charge >= 0.3 is 5.97 Å². The molecule has 2 N–H and O–H groups in total. The van der Waals surface area contributed by atoms with Gasteiger partial charge in [-0.05, 0) is 13.3 Å². The zero-order valence-corrected chi connectivity index (χ0v) is 10.4. The molecule has 7 nitrogen and oxygen atoms in total. The minimum absolute atomic E-state index is 0.162. The summed E-state index contributed by atoms with van der Waals surface area (Å²) in [5.74, 6) is -1.15. The fraction of sp³-hybridized carbons (Fsp3) is 0.455. The smallest absolute Gasteiger partial charge is 0.325 e. The van der Waals surface area contributed by atoms with Crippen LogP contribution in [0.3, 0.4) is 0 Å². The molecule has 7 heteroatoms. The molecule has 0 aliphatic carbocycles. The third kappa shape index (κ3) is 4.36. The summed E-state index contributed by atoms with van der Waals surface area (Å²) >= 11 is 0. The van der Waals surface area contributed by atoms with Gasteiger partial charge in [0.1, 0.15) is 12.2 Å². The summed E-state index contributed by atoms with van der Waals surface area (Å²) in [4.78, 5) is 22.0. The number of aliphatic carboxylic acids is 1. The molecular formula is C11H16N4O3. The molecule has 0 aromatic carbocycles. The van der Waals surface area contributed by atoms with E-state index in [1.165, 1.54) is 10.9 Å². The van der Waals surface area contributed by atoms with Gasteiger partial charge in [-0.1, -0.05) is 18.2 Å². The number of carboxylic acids is 1. The van der Waals surface area contributed by atoms with E-state index in [0.717, 1.165) is 6.42 Å². The van der Waals surface area contributed by atoms with Crippen LogP contribution >= 0.6 is 0 Å². The van der Waals surface area contributed by atoms with E-state index in [1.54, 1.807) is 6.92 Å². The molecule has 1 heterocycles. The summed E-state index contributed by atoms with van der Waals surface area (Å²) in [6, 6.07) is 0. The topological polar surface area (TPSA) is 97.1 Å². The molecule has 0 saturated carbocycles. The third-order valence-corrected chi connectivity index (χ3v) is 2.18. The van der Waals surface area contributed by atoms with Crippen LogP contribution in [0.15, 0.2) is 17.8 Å². The molecule has 0 fully saturated rings. The summed E-state index contributed by atoms with van der Waals surface area (Å²) in [5, 5.41) is 18.6. The Kier molecular flexibility index (Phi) is 5.04. The maximum Gasteiger partial charge on any atom is 0.325 e. The molecule has 0 radical (unpaired) electrons. The maximum absolute atomic E-state index is 11.6. The van der Waals surface area contributed by atoms with E-state index in [2.05, 4.69) is 15.6 Å². The summed E-state index contributed by atoms with van der Waals surface area (Å²) in [5.41, 5.74) is 1.17. The number of hydrogen-bond acceptors (Lipinski definition) is 4. The molecule has 98 valence electrons. The van der Waals surface area contributed by atoms with Gasteiger partial charge in [-0.3, -0.25) is 9.59 Å². The molecule has 1 rings (SSSR count). The highest BCUT2D eigenvalue weighted by molar-refractivity contribution is 5.92. The van der Waals surface area contributed by atoms with Gasteiger partial charge in [-0.25, -0.2) is 4.68 Å². The first-order valence-corrected chi connectivity index (χ1v) is 5.58. The molecule has 0 bridgehead atoms. The third-order valence-electron chi connectivity index (χ3n) is 2.18. The highest BCUT2D eigenvalue weighted by Crippen LogP contribution is 1.97. The maximum atomic E-state index is 11.6. The van der Waals surface area contributed by atoms with E-state index in [4.69, 9.17) is 5.11 Å². The van der Waals surface area contributed by atoms with Crippen molar-refractivity contribution in [1.29, 1.82) is 0 Å². The summed E-state index contributed by atoms with van der Waals surface area (Å²) < 4.78 is 1.21. The van der Waals surface area contributed by atoms with Gasteiger partial charge in [0.2, 0.25) is 5.91 Å². The number of nitrogens with one attached hydrogen (secondary N) is 1. The van der Waals surface area contributed by atoms with E-state index in [1.807, 2.05) is 13.0 Å². The number of allylic oxidation sites excluding steroid dienone is 1. The van der Waals surface area contributed by atoms with Crippen molar-refractivity contribution in [2.75, 3.05) is 0 Å². The lowest BCUT2D eigenvalue weighted by molar-refractivity contribution is -0.137. The van der Waals surface area contributed by atoms with Crippen molar-refractivity contribution in [2.24, 2.45) is 0 Å². The first-order chi connectivity index (χ1) is 8.52. The molecule has 18 heavy (non-hydrogen) atoms. The number of nitrogens with zero attached hydrogens (tertiary/aromatic N) is 3. The first kappa shape index (κ1) is 13.9. The first-order valence-electron chi connectivity index (χ1n) is 5.58. The second-order valence-electron chi connectivity index (χ2n) is 3.78. The van der Waals surface area contributed by atoms with E-state index in [9.17, 15) is 9.59 Å². The predicted octanol–water partition coefficient (Wildman–Crippen LogP) is 0.335. The molecule has 0 aliphatic rings. The van der Waals surface area contributed by atoms with Gasteiger partial charge in [-0.2, -0.15) is 0 Å². The zero-order chi connectivity index (χ0) is 13.5. The van der Waals surface area contributed by atoms with E-state index in [-0.39, 0.29) is 19.0 Å². The second-order valence-corrected chi connectivity index (χ2v) is 3.78. The Morgan fingerprint density at radius 3 is 2.89 bits per heavy atom. The molecule has 0 saturated heterocycles. The summed E-state index contributed by atoms with van der Waals surface area (Å²) in [6.07, 6.45) is 4.12. The normalized spacial score (nSPS) is 11.3. The van der Waals surface area contributed by atoms with Crippen molar-refractivity contribution >= 4 is 11.9 Å². The molecule has 1 amide bonds. The number of carboxylic acid groups (broad SMARTS) is 1. The average molecular weight is 252 g/mol. The van der Waals surface area contributed by atoms with Crippen molar-refractivity contribution in [1.82, 2.24) is 20.3 Å². The van der Waals surface area contributed by atoms with Gasteiger partial charge in [0.25, 0.3) is 0 Å². The molecule has 0 unspecified atom stereocenters. The molecule has 0 aliphatic heterocycles. The van der Waals surface area contributed by atoms with Crippen LogP contribution in [0.25, 0.3) is 0 Å². The molecule has 0 spiro atoms. The quantitative estimate of drug-likeness (QED) is 0.711.